The van der Waals surface area contributed by atoms with Gasteiger partial charge in [0.1, 0.15) is 17.4 Å². The third-order valence-corrected chi connectivity index (χ3v) is 4.52. The molecule has 1 fully saturated rings. The molecule has 2 amide bonds. The monoisotopic (exact) mass is 452 g/mol. The molecule has 25 heavy (non-hydrogen) atoms. The van der Waals surface area contributed by atoms with Crippen LogP contribution in [0.3, 0.4) is 0 Å². The number of aromatic hydroxyl groups is 1. The number of hydrogen-bond donors (Lipinski definition) is 3. The van der Waals surface area contributed by atoms with Gasteiger partial charge in [0.05, 0.1) is 12.1 Å². The maximum absolute atomic E-state index is 12.6. The number of anilines is 2. The Morgan fingerprint density at radius 3 is 2.48 bits per heavy atom. The summed E-state index contributed by atoms with van der Waals surface area (Å²) < 4.78 is 1.05. The highest BCUT2D eigenvalue weighted by Gasteiger charge is 2.39. The lowest BCUT2D eigenvalue weighted by Gasteiger charge is -2.17. The zero-order chi connectivity index (χ0) is 18.1. The van der Waals surface area contributed by atoms with Crippen molar-refractivity contribution < 1.29 is 24.6 Å². The number of amides is 2. The molecule has 1 aliphatic heterocycles. The van der Waals surface area contributed by atoms with E-state index in [1.807, 2.05) is 24.3 Å². The lowest BCUT2D eigenvalue weighted by molar-refractivity contribution is -0.121. The Morgan fingerprint density at radius 1 is 1.16 bits per heavy atom. The Morgan fingerprint density at radius 2 is 1.84 bits per heavy atom. The number of nitrogens with one attached hydrogen (secondary N) is 1. The van der Waals surface area contributed by atoms with Crippen molar-refractivity contribution in [3.8, 4) is 5.75 Å². The minimum Gasteiger partial charge on any atom is -0.507 e. The third kappa shape index (κ3) is 3.43. The highest BCUT2D eigenvalue weighted by Crippen LogP contribution is 2.29. The molecule has 1 atom stereocenters. The summed E-state index contributed by atoms with van der Waals surface area (Å²) in [5.41, 5.74) is 0.467. The van der Waals surface area contributed by atoms with Gasteiger partial charge in [0.2, 0.25) is 5.91 Å². The molecule has 8 heteroatoms. The van der Waals surface area contributed by atoms with Gasteiger partial charge in [-0.15, -0.1) is 0 Å². The molecule has 0 saturated carbocycles. The van der Waals surface area contributed by atoms with Gasteiger partial charge in [0.25, 0.3) is 5.91 Å². The molecule has 1 saturated heterocycles. The van der Waals surface area contributed by atoms with Crippen LogP contribution in [-0.2, 0) is 9.59 Å². The minimum atomic E-state index is -1.34. The van der Waals surface area contributed by atoms with Gasteiger partial charge in [-0.25, -0.2) is 9.69 Å². The highest BCUT2D eigenvalue weighted by atomic mass is 127. The quantitative estimate of drug-likeness (QED) is 0.486. The van der Waals surface area contributed by atoms with E-state index in [9.17, 15) is 19.5 Å². The van der Waals surface area contributed by atoms with Gasteiger partial charge in [-0.2, -0.15) is 0 Å². The van der Waals surface area contributed by atoms with Crippen LogP contribution in [0.4, 0.5) is 11.4 Å². The van der Waals surface area contributed by atoms with E-state index < -0.39 is 29.6 Å². The van der Waals surface area contributed by atoms with Crippen molar-refractivity contribution in [2.45, 2.75) is 12.5 Å². The van der Waals surface area contributed by atoms with Crippen LogP contribution in [0.5, 0.6) is 5.75 Å². The van der Waals surface area contributed by atoms with Crippen molar-refractivity contribution in [1.82, 2.24) is 0 Å². The number of carbonyl (C=O) groups excluding carboxylic acids is 2. The molecule has 2 aromatic carbocycles. The van der Waals surface area contributed by atoms with Crippen LogP contribution < -0.4 is 10.2 Å². The van der Waals surface area contributed by atoms with Gasteiger partial charge in [-0.3, -0.25) is 9.59 Å². The number of rotatable bonds is 4. The highest BCUT2D eigenvalue weighted by molar-refractivity contribution is 14.1. The summed E-state index contributed by atoms with van der Waals surface area (Å²) in [4.78, 5) is 36.9. The fourth-order valence-corrected chi connectivity index (χ4v) is 2.96. The van der Waals surface area contributed by atoms with Gasteiger partial charge >= 0.3 is 5.97 Å². The van der Waals surface area contributed by atoms with Crippen LogP contribution in [0.25, 0.3) is 0 Å². The smallest absolute Gasteiger partial charge is 0.339 e. The standard InChI is InChI=1S/C17H13IN2O5/c18-9-1-3-10(4-2-9)19-13-8-15(22)20(16(13)23)11-5-6-14(21)12(7-11)17(24)25/h1-7,13,19,21H,8H2,(H,24,25). The van der Waals surface area contributed by atoms with E-state index >= 15 is 0 Å². The lowest BCUT2D eigenvalue weighted by atomic mass is 10.1. The summed E-state index contributed by atoms with van der Waals surface area (Å²) in [7, 11) is 0. The summed E-state index contributed by atoms with van der Waals surface area (Å²) >= 11 is 2.16. The van der Waals surface area contributed by atoms with Gasteiger partial charge in [0, 0.05) is 9.26 Å². The zero-order valence-electron chi connectivity index (χ0n) is 12.8. The molecule has 3 N–H and O–H groups in total. The second kappa shape index (κ2) is 6.71. The second-order valence-corrected chi connectivity index (χ2v) is 6.73. The molecule has 0 spiro atoms. The molecule has 0 aliphatic carbocycles. The van der Waals surface area contributed by atoms with Gasteiger partial charge < -0.3 is 15.5 Å². The maximum Gasteiger partial charge on any atom is 0.339 e. The Hall–Kier alpha value is -2.62. The average Bonchev–Trinajstić information content (AvgIpc) is 2.84. The summed E-state index contributed by atoms with van der Waals surface area (Å²) in [6.45, 7) is 0. The lowest BCUT2D eigenvalue weighted by Crippen LogP contribution is -2.34. The average molecular weight is 452 g/mol. The number of carboxylic acid groups (broad SMARTS) is 1. The van der Waals surface area contributed by atoms with Crippen LogP contribution in [0.15, 0.2) is 42.5 Å². The molecule has 0 radical (unpaired) electrons. The number of halogens is 1. The van der Waals surface area contributed by atoms with Crippen molar-refractivity contribution in [2.24, 2.45) is 0 Å². The van der Waals surface area contributed by atoms with Gasteiger partial charge in [0.15, 0.2) is 0 Å². The van der Waals surface area contributed by atoms with E-state index in [1.165, 1.54) is 6.07 Å². The van der Waals surface area contributed by atoms with E-state index in [-0.39, 0.29) is 17.7 Å². The van der Waals surface area contributed by atoms with E-state index in [4.69, 9.17) is 5.11 Å². The predicted octanol–water partition coefficient (Wildman–Crippen LogP) is 2.44. The second-order valence-electron chi connectivity index (χ2n) is 5.48. The third-order valence-electron chi connectivity index (χ3n) is 3.80. The molecule has 3 rings (SSSR count). The fourth-order valence-electron chi connectivity index (χ4n) is 2.60. The summed E-state index contributed by atoms with van der Waals surface area (Å²) in [6, 6.07) is 10.2. The topological polar surface area (TPSA) is 107 Å². The van der Waals surface area contributed by atoms with Gasteiger partial charge in [-0.1, -0.05) is 0 Å². The first kappa shape index (κ1) is 17.2. The van der Waals surface area contributed by atoms with Crippen LogP contribution in [0, 0.1) is 3.57 Å². The fraction of sp³-hybridized carbons (Fsp3) is 0.118. The van der Waals surface area contributed by atoms with E-state index in [0.717, 1.165) is 20.6 Å². The van der Waals surface area contributed by atoms with Crippen molar-refractivity contribution in [3.05, 3.63) is 51.6 Å². The number of benzene rings is 2. The molecule has 7 nitrogen and oxygen atoms in total. The van der Waals surface area contributed by atoms with Crippen LogP contribution in [-0.4, -0.2) is 34.0 Å². The number of phenols is 1. The van der Waals surface area contributed by atoms with Crippen molar-refractivity contribution in [3.63, 3.8) is 0 Å². The molecule has 0 aromatic heterocycles. The Balaban J connectivity index is 1.85. The normalized spacial score (nSPS) is 17.0. The molecule has 2 aromatic rings. The number of nitrogens with zero attached hydrogens (tertiary/aromatic N) is 1. The van der Waals surface area contributed by atoms with Crippen LogP contribution in [0.1, 0.15) is 16.8 Å². The first-order chi connectivity index (χ1) is 11.9. The molecular weight excluding hydrogens is 439 g/mol. The zero-order valence-corrected chi connectivity index (χ0v) is 14.9. The van der Waals surface area contributed by atoms with E-state index in [0.29, 0.717) is 5.69 Å². The molecule has 1 heterocycles. The molecule has 128 valence electrons. The number of aromatic carboxylic acids is 1. The number of hydrogen-bond acceptors (Lipinski definition) is 5. The number of imide groups is 1. The predicted molar refractivity (Wildman–Crippen MR) is 98.7 cm³/mol. The van der Waals surface area contributed by atoms with Crippen molar-refractivity contribution in [2.75, 3.05) is 10.2 Å². The largest absolute Gasteiger partial charge is 0.507 e. The maximum atomic E-state index is 12.6. The van der Waals surface area contributed by atoms with E-state index in [1.54, 1.807) is 0 Å². The first-order valence-corrected chi connectivity index (χ1v) is 8.40. The Labute approximate surface area is 156 Å². The Bertz CT molecular complexity index is 866. The number of carbonyl (C=O) groups is 3. The summed E-state index contributed by atoms with van der Waals surface area (Å²) in [6.07, 6.45) is -0.0336. The number of carboxylic acids is 1. The molecular formula is C17H13IN2O5. The summed E-state index contributed by atoms with van der Waals surface area (Å²) in [5, 5.41) is 21.7. The molecule has 1 aliphatic rings. The Kier molecular flexibility index (Phi) is 4.62. The molecule has 0 bridgehead atoms. The van der Waals surface area contributed by atoms with Crippen LogP contribution in [0.2, 0.25) is 0 Å². The minimum absolute atomic E-state index is 0.0336. The van der Waals surface area contributed by atoms with E-state index in [2.05, 4.69) is 27.9 Å². The van der Waals surface area contributed by atoms with Crippen molar-refractivity contribution in [1.29, 1.82) is 0 Å². The SMILES string of the molecule is O=C(O)c1cc(N2C(=O)CC(Nc3ccc(I)cc3)C2=O)ccc1O. The van der Waals surface area contributed by atoms with Gasteiger partial charge in [-0.05, 0) is 65.1 Å². The van der Waals surface area contributed by atoms with Crippen LogP contribution >= 0.6 is 22.6 Å². The summed E-state index contributed by atoms with van der Waals surface area (Å²) in [5.74, 6) is -2.67. The first-order valence-electron chi connectivity index (χ1n) is 7.32. The molecule has 1 unspecified atom stereocenters. The van der Waals surface area contributed by atoms with Crippen molar-refractivity contribution >= 4 is 51.7 Å².